The Morgan fingerprint density at radius 2 is 2.05 bits per heavy atom. The minimum atomic E-state index is -3.82. The highest BCUT2D eigenvalue weighted by Crippen LogP contribution is 2.28. The van der Waals surface area contributed by atoms with Crippen LogP contribution in [-0.2, 0) is 16.6 Å². The minimum absolute atomic E-state index is 0.0364. The first-order valence-corrected chi connectivity index (χ1v) is 8.85. The number of primary sulfonamides is 1. The van der Waals surface area contributed by atoms with Gasteiger partial charge in [-0.3, -0.25) is 0 Å². The van der Waals surface area contributed by atoms with E-state index in [0.717, 1.165) is 9.35 Å². The zero-order valence-electron chi connectivity index (χ0n) is 10.7. The van der Waals surface area contributed by atoms with E-state index in [-0.39, 0.29) is 4.90 Å². The van der Waals surface area contributed by atoms with Crippen LogP contribution in [0, 0.1) is 0 Å². The molecule has 0 amide bonds. The molecule has 0 fully saturated rings. The molecule has 0 bridgehead atoms. The van der Waals surface area contributed by atoms with Gasteiger partial charge in [0.25, 0.3) is 0 Å². The Morgan fingerprint density at radius 3 is 2.60 bits per heavy atom. The predicted molar refractivity (Wildman–Crippen MR) is 86.4 cm³/mol. The van der Waals surface area contributed by atoms with E-state index in [4.69, 9.17) is 10.9 Å². The van der Waals surface area contributed by atoms with E-state index in [1.54, 1.807) is 23.5 Å². The average Bonchev–Trinajstić information content (AvgIpc) is 2.73. The number of halogens is 1. The second-order valence-corrected chi connectivity index (χ2v) is 8.21. The zero-order chi connectivity index (χ0) is 14.9. The van der Waals surface area contributed by atoms with Crippen LogP contribution in [0.5, 0.6) is 0 Å². The Balaban J connectivity index is 2.37. The van der Waals surface area contributed by atoms with Crippen molar-refractivity contribution in [3.63, 3.8) is 0 Å². The van der Waals surface area contributed by atoms with Crippen molar-refractivity contribution in [1.82, 2.24) is 0 Å². The molecule has 0 saturated carbocycles. The Labute approximate surface area is 130 Å². The molecule has 20 heavy (non-hydrogen) atoms. The molecular formula is C12H14BrN3O2S2. The molecule has 4 N–H and O–H groups in total. The summed E-state index contributed by atoms with van der Waals surface area (Å²) in [4.78, 5) is 1.86. The van der Waals surface area contributed by atoms with Gasteiger partial charge in [-0.1, -0.05) is 0 Å². The smallest absolute Gasteiger partial charge is 0.240 e. The molecule has 0 spiro atoms. The maximum Gasteiger partial charge on any atom is 0.240 e. The minimum Gasteiger partial charge on any atom is -0.399 e. The van der Waals surface area contributed by atoms with Gasteiger partial charge in [-0.05, 0) is 51.1 Å². The number of sulfonamides is 1. The standard InChI is InChI=1S/C12H14BrN3O2S2/c1-16(6-8-4-12(13)19-7-8)10-3-2-9(14)5-11(10)20(15,17)18/h2-5,7H,6,14H2,1H3,(H2,15,17,18). The predicted octanol–water partition coefficient (Wildman–Crippen LogP) is 2.38. The fraction of sp³-hybridized carbons (Fsp3) is 0.167. The third kappa shape index (κ3) is 3.51. The second kappa shape index (κ2) is 5.72. The van der Waals surface area contributed by atoms with Crippen LogP contribution in [0.2, 0.25) is 0 Å². The lowest BCUT2D eigenvalue weighted by atomic mass is 10.2. The molecule has 0 saturated heterocycles. The lowest BCUT2D eigenvalue weighted by molar-refractivity contribution is 0.597. The van der Waals surface area contributed by atoms with Gasteiger partial charge >= 0.3 is 0 Å². The first-order chi connectivity index (χ1) is 9.27. The normalized spacial score (nSPS) is 11.6. The van der Waals surface area contributed by atoms with Crippen molar-refractivity contribution < 1.29 is 8.42 Å². The molecule has 0 aliphatic rings. The van der Waals surface area contributed by atoms with Crippen molar-refractivity contribution >= 4 is 48.7 Å². The lowest BCUT2D eigenvalue weighted by Crippen LogP contribution is -2.22. The number of thiophene rings is 1. The van der Waals surface area contributed by atoms with Crippen molar-refractivity contribution in [3.05, 3.63) is 39.0 Å². The Bertz CT molecular complexity index is 728. The van der Waals surface area contributed by atoms with Gasteiger partial charge in [-0.2, -0.15) is 0 Å². The van der Waals surface area contributed by atoms with Crippen molar-refractivity contribution in [3.8, 4) is 0 Å². The number of nitrogen functional groups attached to an aromatic ring is 1. The summed E-state index contributed by atoms with van der Waals surface area (Å²) in [7, 11) is -2.01. The van der Waals surface area contributed by atoms with Crippen LogP contribution < -0.4 is 15.8 Å². The van der Waals surface area contributed by atoms with Gasteiger partial charge in [0.1, 0.15) is 4.90 Å². The molecule has 8 heteroatoms. The zero-order valence-corrected chi connectivity index (χ0v) is 13.9. The highest BCUT2D eigenvalue weighted by Gasteiger charge is 2.17. The van der Waals surface area contributed by atoms with E-state index >= 15 is 0 Å². The van der Waals surface area contributed by atoms with Crippen LogP contribution in [0.1, 0.15) is 5.56 Å². The molecule has 0 aliphatic carbocycles. The van der Waals surface area contributed by atoms with Crippen molar-refractivity contribution in [2.24, 2.45) is 5.14 Å². The maximum atomic E-state index is 11.7. The number of anilines is 2. The molecule has 0 radical (unpaired) electrons. The van der Waals surface area contributed by atoms with Gasteiger partial charge in [0.05, 0.1) is 9.47 Å². The Kier molecular flexibility index (Phi) is 4.38. The van der Waals surface area contributed by atoms with E-state index in [9.17, 15) is 8.42 Å². The molecule has 5 nitrogen and oxygen atoms in total. The van der Waals surface area contributed by atoms with Crippen LogP contribution in [0.15, 0.2) is 38.3 Å². The molecule has 0 atom stereocenters. The maximum absolute atomic E-state index is 11.7. The SMILES string of the molecule is CN(Cc1csc(Br)c1)c1ccc(N)cc1S(N)(=O)=O. The first-order valence-electron chi connectivity index (χ1n) is 5.64. The fourth-order valence-corrected chi connectivity index (χ4v) is 3.88. The number of nitrogens with two attached hydrogens (primary N) is 2. The third-order valence-corrected chi connectivity index (χ3v) is 5.24. The summed E-state index contributed by atoms with van der Waals surface area (Å²) in [6.07, 6.45) is 0. The van der Waals surface area contributed by atoms with Crippen molar-refractivity contribution in [1.29, 1.82) is 0 Å². The number of rotatable bonds is 4. The molecule has 0 aliphatic heterocycles. The van der Waals surface area contributed by atoms with E-state index < -0.39 is 10.0 Å². The van der Waals surface area contributed by atoms with Crippen molar-refractivity contribution in [2.75, 3.05) is 17.7 Å². The van der Waals surface area contributed by atoms with E-state index in [0.29, 0.717) is 17.9 Å². The van der Waals surface area contributed by atoms with E-state index in [1.165, 1.54) is 6.07 Å². The highest BCUT2D eigenvalue weighted by molar-refractivity contribution is 9.11. The van der Waals surface area contributed by atoms with Crippen LogP contribution in [0.3, 0.4) is 0 Å². The molecule has 0 unspecified atom stereocenters. The second-order valence-electron chi connectivity index (χ2n) is 4.39. The summed E-state index contributed by atoms with van der Waals surface area (Å²) >= 11 is 4.98. The summed E-state index contributed by atoms with van der Waals surface area (Å²) in [6, 6.07) is 6.69. The summed E-state index contributed by atoms with van der Waals surface area (Å²) in [5.74, 6) is 0. The first kappa shape index (κ1) is 15.3. The van der Waals surface area contributed by atoms with Crippen LogP contribution in [0.4, 0.5) is 11.4 Å². The number of hydrogen-bond acceptors (Lipinski definition) is 5. The van der Waals surface area contributed by atoms with Gasteiger partial charge in [-0.15, -0.1) is 11.3 Å². The Morgan fingerprint density at radius 1 is 1.35 bits per heavy atom. The highest BCUT2D eigenvalue weighted by atomic mass is 79.9. The average molecular weight is 376 g/mol. The fourth-order valence-electron chi connectivity index (χ4n) is 1.86. The third-order valence-electron chi connectivity index (χ3n) is 2.74. The van der Waals surface area contributed by atoms with Crippen LogP contribution >= 0.6 is 27.3 Å². The summed E-state index contributed by atoms with van der Waals surface area (Å²) < 4.78 is 24.3. The van der Waals surface area contributed by atoms with E-state index in [2.05, 4.69) is 15.9 Å². The number of benzene rings is 1. The lowest BCUT2D eigenvalue weighted by Gasteiger charge is -2.21. The van der Waals surface area contributed by atoms with Gasteiger partial charge in [0, 0.05) is 19.3 Å². The quantitative estimate of drug-likeness (QED) is 0.802. The van der Waals surface area contributed by atoms with Gasteiger partial charge in [0.15, 0.2) is 0 Å². The molecule has 2 aromatic rings. The molecule has 1 heterocycles. The number of nitrogens with zero attached hydrogens (tertiary/aromatic N) is 1. The largest absolute Gasteiger partial charge is 0.399 e. The summed E-state index contributed by atoms with van der Waals surface area (Å²) in [5.41, 5.74) is 7.62. The summed E-state index contributed by atoms with van der Waals surface area (Å²) in [6.45, 7) is 0.578. The molecule has 2 rings (SSSR count). The number of hydrogen-bond donors (Lipinski definition) is 2. The van der Waals surface area contributed by atoms with Gasteiger partial charge in [-0.25, -0.2) is 13.6 Å². The van der Waals surface area contributed by atoms with E-state index in [1.807, 2.05) is 23.4 Å². The summed E-state index contributed by atoms with van der Waals surface area (Å²) in [5, 5.41) is 7.25. The van der Waals surface area contributed by atoms with Crippen molar-refractivity contribution in [2.45, 2.75) is 11.4 Å². The van der Waals surface area contributed by atoms with Gasteiger partial charge < -0.3 is 10.6 Å². The molecule has 1 aromatic carbocycles. The monoisotopic (exact) mass is 375 g/mol. The van der Waals surface area contributed by atoms with Crippen LogP contribution in [-0.4, -0.2) is 15.5 Å². The molecular weight excluding hydrogens is 362 g/mol. The van der Waals surface area contributed by atoms with Crippen LogP contribution in [0.25, 0.3) is 0 Å². The Hall–Kier alpha value is -1.09. The molecule has 108 valence electrons. The topological polar surface area (TPSA) is 89.4 Å². The van der Waals surface area contributed by atoms with Gasteiger partial charge in [0.2, 0.25) is 10.0 Å². The molecule has 1 aromatic heterocycles.